The van der Waals surface area contributed by atoms with Crippen LogP contribution in [0.25, 0.3) is 0 Å². The quantitative estimate of drug-likeness (QED) is 0.170. The Kier molecular flexibility index (Phi) is 9.49. The van der Waals surface area contributed by atoms with Crippen LogP contribution in [0.1, 0.15) is 40.0 Å². The molecule has 12 heteroatoms. The monoisotopic (exact) mass is 587 g/mol. The SMILES string of the molecule is O=C(Nc1ccccc1F)c1ccc(Nc2nc(Nc3ccc(C(=O)NN4CCC(CCO)CC4)cc3)ncc2F)cc1. The van der Waals surface area contributed by atoms with Crippen molar-refractivity contribution >= 4 is 40.6 Å². The van der Waals surface area contributed by atoms with Gasteiger partial charge in [-0.1, -0.05) is 12.1 Å². The zero-order chi connectivity index (χ0) is 30.2. The van der Waals surface area contributed by atoms with E-state index in [2.05, 4.69) is 31.3 Å². The fourth-order valence-corrected chi connectivity index (χ4v) is 4.67. The smallest absolute Gasteiger partial charge is 0.265 e. The number of aliphatic hydroxyl groups is 1. The molecule has 1 aromatic heterocycles. The summed E-state index contributed by atoms with van der Waals surface area (Å²) < 4.78 is 28.3. The maximum absolute atomic E-state index is 14.5. The van der Waals surface area contributed by atoms with Gasteiger partial charge in [-0.2, -0.15) is 4.98 Å². The first kappa shape index (κ1) is 29.5. The van der Waals surface area contributed by atoms with Crippen LogP contribution in [0, 0.1) is 17.6 Å². The summed E-state index contributed by atoms with van der Waals surface area (Å²) in [7, 11) is 0. The van der Waals surface area contributed by atoms with Crippen LogP contribution in [0.5, 0.6) is 0 Å². The van der Waals surface area contributed by atoms with Gasteiger partial charge in [0.05, 0.1) is 11.9 Å². The highest BCUT2D eigenvalue weighted by Gasteiger charge is 2.20. The van der Waals surface area contributed by atoms with Gasteiger partial charge < -0.3 is 21.1 Å². The number of nitrogens with one attached hydrogen (secondary N) is 4. The van der Waals surface area contributed by atoms with E-state index in [9.17, 15) is 18.4 Å². The summed E-state index contributed by atoms with van der Waals surface area (Å²) >= 11 is 0. The molecular weight excluding hydrogens is 556 g/mol. The van der Waals surface area contributed by atoms with Crippen molar-refractivity contribution in [1.29, 1.82) is 0 Å². The van der Waals surface area contributed by atoms with Gasteiger partial charge in [0.25, 0.3) is 11.8 Å². The van der Waals surface area contributed by atoms with Gasteiger partial charge in [-0.05, 0) is 85.8 Å². The summed E-state index contributed by atoms with van der Waals surface area (Å²) in [4.78, 5) is 33.3. The molecule has 43 heavy (non-hydrogen) atoms. The maximum Gasteiger partial charge on any atom is 0.265 e. The molecule has 0 aliphatic carbocycles. The second-order valence-corrected chi connectivity index (χ2v) is 10.1. The van der Waals surface area contributed by atoms with Crippen LogP contribution in [0.3, 0.4) is 0 Å². The number of aliphatic hydroxyl groups excluding tert-OH is 1. The number of rotatable bonds is 10. The van der Waals surface area contributed by atoms with E-state index in [-0.39, 0.29) is 30.0 Å². The molecule has 0 radical (unpaired) electrons. The number of benzene rings is 3. The van der Waals surface area contributed by atoms with Gasteiger partial charge >= 0.3 is 0 Å². The first-order chi connectivity index (χ1) is 20.9. The van der Waals surface area contributed by atoms with E-state index in [1.165, 1.54) is 30.3 Å². The summed E-state index contributed by atoms with van der Waals surface area (Å²) in [5, 5.41) is 19.4. The second-order valence-electron chi connectivity index (χ2n) is 10.1. The third-order valence-electron chi connectivity index (χ3n) is 7.09. The zero-order valence-corrected chi connectivity index (χ0v) is 23.2. The maximum atomic E-state index is 14.5. The van der Waals surface area contributed by atoms with E-state index >= 15 is 0 Å². The van der Waals surface area contributed by atoms with Crippen molar-refractivity contribution in [3.63, 3.8) is 0 Å². The Bertz CT molecular complexity index is 1560. The molecule has 3 aromatic carbocycles. The largest absolute Gasteiger partial charge is 0.396 e. The lowest BCUT2D eigenvalue weighted by Gasteiger charge is -2.31. The Morgan fingerprint density at radius 3 is 2.12 bits per heavy atom. The molecular formula is C31H31F2N7O3. The molecule has 0 saturated carbocycles. The number of halogens is 2. The van der Waals surface area contributed by atoms with E-state index in [0.29, 0.717) is 28.4 Å². The lowest BCUT2D eigenvalue weighted by molar-refractivity contribution is 0.0681. The summed E-state index contributed by atoms with van der Waals surface area (Å²) in [5.74, 6) is -1.39. The summed E-state index contributed by atoms with van der Waals surface area (Å²) in [6, 6.07) is 18.8. The van der Waals surface area contributed by atoms with Crippen LogP contribution in [-0.2, 0) is 0 Å². The standard InChI is InChI=1S/C31H31F2N7O3/c32-25-3-1-2-4-27(25)37-29(42)21-5-9-23(10-6-21)35-28-26(33)19-34-31(38-28)36-24-11-7-22(8-12-24)30(43)39-40-16-13-20(14-17-40)15-18-41/h1-12,19-20,41H,13-18H2,(H,37,42)(H,39,43)(H2,34,35,36,38). The molecule has 0 atom stereocenters. The Balaban J connectivity index is 1.16. The van der Waals surface area contributed by atoms with Gasteiger partial charge in [-0.25, -0.2) is 18.8 Å². The van der Waals surface area contributed by atoms with Crippen molar-refractivity contribution in [3.8, 4) is 0 Å². The van der Waals surface area contributed by atoms with Gasteiger partial charge in [0.15, 0.2) is 11.6 Å². The zero-order valence-electron chi connectivity index (χ0n) is 23.2. The lowest BCUT2D eigenvalue weighted by atomic mass is 9.95. The average Bonchev–Trinajstić information content (AvgIpc) is 3.02. The summed E-state index contributed by atoms with van der Waals surface area (Å²) in [6.45, 7) is 1.67. The van der Waals surface area contributed by atoms with Gasteiger partial charge in [0, 0.05) is 42.2 Å². The molecule has 4 aromatic rings. The minimum Gasteiger partial charge on any atom is -0.396 e. The fourth-order valence-electron chi connectivity index (χ4n) is 4.67. The first-order valence-corrected chi connectivity index (χ1v) is 13.9. The van der Waals surface area contributed by atoms with Crippen LogP contribution in [0.15, 0.2) is 79.0 Å². The number of amides is 2. The Hall–Kier alpha value is -4.94. The second kappa shape index (κ2) is 13.8. The normalized spacial score (nSPS) is 13.7. The van der Waals surface area contributed by atoms with Gasteiger partial charge in [-0.3, -0.25) is 15.0 Å². The van der Waals surface area contributed by atoms with E-state index in [0.717, 1.165) is 38.5 Å². The lowest BCUT2D eigenvalue weighted by Crippen LogP contribution is -2.46. The van der Waals surface area contributed by atoms with E-state index in [1.807, 2.05) is 5.01 Å². The van der Waals surface area contributed by atoms with Gasteiger partial charge in [0.1, 0.15) is 5.82 Å². The van der Waals surface area contributed by atoms with Crippen molar-refractivity contribution in [2.75, 3.05) is 35.6 Å². The molecule has 0 unspecified atom stereocenters. The van der Waals surface area contributed by atoms with Crippen molar-refractivity contribution in [1.82, 2.24) is 20.4 Å². The number of hydrogen-bond donors (Lipinski definition) is 5. The number of carbonyl (C=O) groups is 2. The Labute approximate surface area is 247 Å². The third kappa shape index (κ3) is 7.87. The van der Waals surface area contributed by atoms with Crippen molar-refractivity contribution in [2.24, 2.45) is 5.92 Å². The molecule has 2 amide bonds. The Morgan fingerprint density at radius 1 is 0.837 bits per heavy atom. The van der Waals surface area contributed by atoms with Crippen LogP contribution >= 0.6 is 0 Å². The molecule has 5 rings (SSSR count). The predicted molar refractivity (Wildman–Crippen MR) is 159 cm³/mol. The summed E-state index contributed by atoms with van der Waals surface area (Å²) in [5.41, 5.74) is 4.84. The minimum absolute atomic E-state index is 0.0710. The Morgan fingerprint density at radius 2 is 1.47 bits per heavy atom. The molecule has 10 nitrogen and oxygen atoms in total. The predicted octanol–water partition coefficient (Wildman–Crippen LogP) is 5.23. The summed E-state index contributed by atoms with van der Waals surface area (Å²) in [6.07, 6.45) is 3.67. The first-order valence-electron chi connectivity index (χ1n) is 13.9. The van der Waals surface area contributed by atoms with E-state index in [4.69, 9.17) is 5.11 Å². The highest BCUT2D eigenvalue weighted by Crippen LogP contribution is 2.23. The van der Waals surface area contributed by atoms with E-state index < -0.39 is 17.5 Å². The molecule has 1 aliphatic rings. The van der Waals surface area contributed by atoms with Crippen LogP contribution < -0.4 is 21.4 Å². The van der Waals surface area contributed by atoms with E-state index in [1.54, 1.807) is 42.5 Å². The van der Waals surface area contributed by atoms with Crippen LogP contribution in [0.4, 0.5) is 37.6 Å². The highest BCUT2D eigenvalue weighted by atomic mass is 19.1. The van der Waals surface area contributed by atoms with Crippen molar-refractivity contribution in [2.45, 2.75) is 19.3 Å². The van der Waals surface area contributed by atoms with Crippen molar-refractivity contribution in [3.05, 3.63) is 102 Å². The molecule has 1 fully saturated rings. The third-order valence-corrected chi connectivity index (χ3v) is 7.09. The average molecular weight is 588 g/mol. The molecule has 1 aliphatic heterocycles. The molecule has 5 N–H and O–H groups in total. The topological polar surface area (TPSA) is 132 Å². The van der Waals surface area contributed by atoms with Gasteiger partial charge in [-0.15, -0.1) is 0 Å². The molecule has 1 saturated heterocycles. The van der Waals surface area contributed by atoms with Crippen LogP contribution in [-0.4, -0.2) is 51.6 Å². The molecule has 0 bridgehead atoms. The number of carbonyl (C=O) groups excluding carboxylic acids is 2. The number of hydrogen-bond acceptors (Lipinski definition) is 8. The number of nitrogens with zero attached hydrogens (tertiary/aromatic N) is 3. The number of para-hydroxylation sites is 1. The fraction of sp³-hybridized carbons (Fsp3) is 0.226. The number of aromatic nitrogens is 2. The highest BCUT2D eigenvalue weighted by molar-refractivity contribution is 6.04. The molecule has 0 spiro atoms. The van der Waals surface area contributed by atoms with Crippen LogP contribution in [0.2, 0.25) is 0 Å². The number of anilines is 5. The van der Waals surface area contributed by atoms with Gasteiger partial charge in [0.2, 0.25) is 5.95 Å². The molecule has 2 heterocycles. The molecule has 222 valence electrons. The van der Waals surface area contributed by atoms with Crippen molar-refractivity contribution < 1.29 is 23.5 Å². The number of piperidine rings is 1. The minimum atomic E-state index is -0.681. The number of hydrazine groups is 1.